The van der Waals surface area contributed by atoms with Crippen molar-refractivity contribution in [3.63, 3.8) is 0 Å². The molecule has 7 heteroatoms. The van der Waals surface area contributed by atoms with Gasteiger partial charge in [-0.15, -0.1) is 5.10 Å². The third-order valence-electron chi connectivity index (χ3n) is 3.85. The fourth-order valence-electron chi connectivity index (χ4n) is 2.42. The number of rotatable bonds is 5. The van der Waals surface area contributed by atoms with E-state index in [0.717, 1.165) is 16.9 Å². The summed E-state index contributed by atoms with van der Waals surface area (Å²) in [6, 6.07) is 14.9. The highest BCUT2D eigenvalue weighted by molar-refractivity contribution is 8.15. The van der Waals surface area contributed by atoms with Gasteiger partial charge in [0.15, 0.2) is 5.17 Å². The van der Waals surface area contributed by atoms with Crippen molar-refractivity contribution in [2.75, 3.05) is 7.11 Å². The molecule has 3 rings (SSSR count). The average Bonchev–Trinajstić information content (AvgIpc) is 2.92. The van der Waals surface area contributed by atoms with E-state index < -0.39 is 0 Å². The van der Waals surface area contributed by atoms with Crippen LogP contribution >= 0.6 is 23.4 Å². The number of thioether (sulfide) groups is 1. The van der Waals surface area contributed by atoms with Gasteiger partial charge in [-0.3, -0.25) is 9.69 Å². The third kappa shape index (κ3) is 4.45. The molecule has 1 fully saturated rings. The minimum absolute atomic E-state index is 0.0336. The summed E-state index contributed by atoms with van der Waals surface area (Å²) >= 11 is 7.28. The molecule has 0 N–H and O–H groups in total. The van der Waals surface area contributed by atoms with E-state index in [2.05, 4.69) is 10.2 Å². The maximum absolute atomic E-state index is 12.4. The summed E-state index contributed by atoms with van der Waals surface area (Å²) in [6.07, 6.45) is 1.64. The molecule has 0 aliphatic carbocycles. The van der Waals surface area contributed by atoms with Gasteiger partial charge in [0.25, 0.3) is 0 Å². The Bertz CT molecular complexity index is 835. The smallest absolute Gasteiger partial charge is 0.242 e. The summed E-state index contributed by atoms with van der Waals surface area (Å²) in [5.74, 6) is 0.817. The maximum Gasteiger partial charge on any atom is 0.242 e. The van der Waals surface area contributed by atoms with Crippen LogP contribution in [0.2, 0.25) is 5.02 Å². The second kappa shape index (κ2) is 8.38. The molecule has 1 amide bonds. The van der Waals surface area contributed by atoms with Crippen LogP contribution in [0.4, 0.5) is 0 Å². The van der Waals surface area contributed by atoms with Crippen molar-refractivity contribution in [1.82, 2.24) is 4.90 Å². The van der Waals surface area contributed by atoms with E-state index in [0.29, 0.717) is 16.7 Å². The molecular formula is C19H18ClN3O2S. The Hall–Kier alpha value is -2.31. The highest BCUT2D eigenvalue weighted by atomic mass is 35.5. The molecule has 1 aliphatic rings. The molecule has 0 radical (unpaired) electrons. The summed E-state index contributed by atoms with van der Waals surface area (Å²) in [5, 5.41) is 9.48. The lowest BCUT2D eigenvalue weighted by Gasteiger charge is -2.15. The number of benzene rings is 2. The lowest BCUT2D eigenvalue weighted by atomic mass is 10.2. The van der Waals surface area contributed by atoms with Gasteiger partial charge in [0.1, 0.15) is 5.75 Å². The Morgan fingerprint density at radius 1 is 1.19 bits per heavy atom. The van der Waals surface area contributed by atoms with Crippen molar-refractivity contribution in [3.05, 3.63) is 64.7 Å². The van der Waals surface area contributed by atoms with Crippen molar-refractivity contribution < 1.29 is 9.53 Å². The van der Waals surface area contributed by atoms with E-state index in [4.69, 9.17) is 16.3 Å². The fraction of sp³-hybridized carbons (Fsp3) is 0.211. The average molecular weight is 388 g/mol. The minimum atomic E-state index is -0.169. The Kier molecular flexibility index (Phi) is 5.96. The lowest BCUT2D eigenvalue weighted by Crippen LogP contribution is -2.30. The van der Waals surface area contributed by atoms with Gasteiger partial charge in [-0.2, -0.15) is 5.10 Å². The molecule has 1 saturated heterocycles. The molecule has 134 valence electrons. The van der Waals surface area contributed by atoms with Gasteiger partial charge in [-0.25, -0.2) is 0 Å². The molecule has 0 saturated carbocycles. The molecule has 1 atom stereocenters. The molecule has 0 bridgehead atoms. The zero-order valence-corrected chi connectivity index (χ0v) is 16.0. The molecular weight excluding hydrogens is 370 g/mol. The lowest BCUT2D eigenvalue weighted by molar-refractivity contribution is -0.126. The first-order valence-corrected chi connectivity index (χ1v) is 9.30. The zero-order chi connectivity index (χ0) is 18.5. The molecule has 0 unspecified atom stereocenters. The molecule has 1 aliphatic heterocycles. The topological polar surface area (TPSA) is 54.3 Å². The number of halogens is 1. The van der Waals surface area contributed by atoms with E-state index in [9.17, 15) is 4.79 Å². The zero-order valence-electron chi connectivity index (χ0n) is 14.4. The van der Waals surface area contributed by atoms with Crippen LogP contribution in [-0.4, -0.2) is 34.5 Å². The summed E-state index contributed by atoms with van der Waals surface area (Å²) in [7, 11) is 1.63. The second-order valence-corrected chi connectivity index (χ2v) is 7.46. The number of carbonyl (C=O) groups excluding carboxylic acids is 1. The van der Waals surface area contributed by atoms with Crippen LogP contribution in [0.15, 0.2) is 58.7 Å². The SMILES string of the molecule is COc1ccc(CN2C(=O)[C@H](C)S/C2=N/N=C\c2ccc(Cl)cc2)cc1. The molecule has 5 nitrogen and oxygen atoms in total. The van der Waals surface area contributed by atoms with Gasteiger partial charge < -0.3 is 4.74 Å². The van der Waals surface area contributed by atoms with Crippen molar-refractivity contribution in [3.8, 4) is 5.75 Å². The van der Waals surface area contributed by atoms with Gasteiger partial charge in [0, 0.05) is 5.02 Å². The molecule has 0 aromatic heterocycles. The summed E-state index contributed by atoms with van der Waals surface area (Å²) in [4.78, 5) is 14.1. The quantitative estimate of drug-likeness (QED) is 0.570. The summed E-state index contributed by atoms with van der Waals surface area (Å²) < 4.78 is 5.17. The van der Waals surface area contributed by atoms with Crippen LogP contribution in [-0.2, 0) is 11.3 Å². The highest BCUT2D eigenvalue weighted by Gasteiger charge is 2.35. The van der Waals surface area contributed by atoms with Crippen LogP contribution < -0.4 is 4.74 Å². The van der Waals surface area contributed by atoms with Crippen molar-refractivity contribution in [1.29, 1.82) is 0 Å². The predicted molar refractivity (Wildman–Crippen MR) is 107 cm³/mol. The molecule has 0 spiro atoms. The first-order valence-electron chi connectivity index (χ1n) is 8.04. The van der Waals surface area contributed by atoms with Crippen LogP contribution in [0.1, 0.15) is 18.1 Å². The van der Waals surface area contributed by atoms with Crippen molar-refractivity contribution in [2.24, 2.45) is 10.2 Å². The Labute approximate surface area is 161 Å². The minimum Gasteiger partial charge on any atom is -0.497 e. The highest BCUT2D eigenvalue weighted by Crippen LogP contribution is 2.28. The number of amidine groups is 1. The maximum atomic E-state index is 12.4. The number of ether oxygens (including phenoxy) is 1. The Morgan fingerprint density at radius 3 is 2.54 bits per heavy atom. The van der Waals surface area contributed by atoms with Gasteiger partial charge in [0.2, 0.25) is 5.91 Å². The van der Waals surface area contributed by atoms with Crippen LogP contribution in [0, 0.1) is 0 Å². The first kappa shape index (κ1) is 18.5. The van der Waals surface area contributed by atoms with E-state index in [1.165, 1.54) is 11.8 Å². The van der Waals surface area contributed by atoms with Crippen LogP contribution in [0.3, 0.4) is 0 Å². The number of amides is 1. The number of carbonyl (C=O) groups is 1. The van der Waals surface area contributed by atoms with E-state index in [1.54, 1.807) is 30.4 Å². The number of nitrogens with zero attached hydrogens (tertiary/aromatic N) is 3. The van der Waals surface area contributed by atoms with Crippen LogP contribution in [0.5, 0.6) is 5.75 Å². The van der Waals surface area contributed by atoms with Gasteiger partial charge >= 0.3 is 0 Å². The van der Waals surface area contributed by atoms with Gasteiger partial charge in [0.05, 0.1) is 25.1 Å². The molecule has 2 aromatic carbocycles. The normalized spacial score (nSPS) is 18.9. The summed E-state index contributed by atoms with van der Waals surface area (Å²) in [5.41, 5.74) is 1.89. The largest absolute Gasteiger partial charge is 0.497 e. The second-order valence-electron chi connectivity index (χ2n) is 5.71. The van der Waals surface area contributed by atoms with E-state index in [1.807, 2.05) is 43.3 Å². The molecule has 26 heavy (non-hydrogen) atoms. The third-order valence-corrected chi connectivity index (χ3v) is 5.17. The van der Waals surface area contributed by atoms with Crippen molar-refractivity contribution >= 4 is 40.7 Å². The van der Waals surface area contributed by atoms with Gasteiger partial charge in [-0.1, -0.05) is 47.6 Å². The standard InChI is InChI=1S/C19H18ClN3O2S/c1-13-18(24)23(12-15-5-9-17(25-2)10-6-15)19(26-13)22-21-11-14-3-7-16(20)8-4-14/h3-11,13H,12H2,1-2H3/b21-11-,22-19+/t13-/m0/s1. The predicted octanol–water partition coefficient (Wildman–Crippen LogP) is 4.20. The van der Waals surface area contributed by atoms with E-state index >= 15 is 0 Å². The Balaban J connectivity index is 1.75. The number of methoxy groups -OCH3 is 1. The summed E-state index contributed by atoms with van der Waals surface area (Å²) in [6.45, 7) is 2.33. The number of hydrogen-bond donors (Lipinski definition) is 0. The monoisotopic (exact) mass is 387 g/mol. The first-order chi connectivity index (χ1) is 12.6. The van der Waals surface area contributed by atoms with Gasteiger partial charge in [-0.05, 0) is 42.3 Å². The molecule has 1 heterocycles. The van der Waals surface area contributed by atoms with Crippen LogP contribution in [0.25, 0.3) is 0 Å². The Morgan fingerprint density at radius 2 is 1.88 bits per heavy atom. The van der Waals surface area contributed by atoms with E-state index in [-0.39, 0.29) is 11.2 Å². The van der Waals surface area contributed by atoms with Crippen molar-refractivity contribution in [2.45, 2.75) is 18.7 Å². The molecule has 2 aromatic rings. The fourth-order valence-corrected chi connectivity index (χ4v) is 3.46. The number of hydrogen-bond acceptors (Lipinski definition) is 5.